The molecule has 98 valence electrons. The maximum absolute atomic E-state index is 12.6. The smallest absolute Gasteiger partial charge is 0.207 e. The Morgan fingerprint density at radius 1 is 0.875 bits per heavy atom. The normalized spacial score (nSPS) is 14.6. The molecule has 0 aliphatic carbocycles. The zero-order valence-electron chi connectivity index (χ0n) is 8.22. The summed E-state index contributed by atoms with van der Waals surface area (Å²) in [6, 6.07) is 0. The summed E-state index contributed by atoms with van der Waals surface area (Å²) in [7, 11) is 0. The van der Waals surface area contributed by atoms with Gasteiger partial charge in [-0.3, -0.25) is 0 Å². The van der Waals surface area contributed by atoms with E-state index in [1.165, 1.54) is 0 Å². The molecule has 0 amide bonds. The van der Waals surface area contributed by atoms with E-state index >= 15 is 0 Å². The highest BCUT2D eigenvalue weighted by molar-refractivity contribution is 4.88. The number of rotatable bonds is 6. The summed E-state index contributed by atoms with van der Waals surface area (Å²) in [5, 5.41) is 0. The van der Waals surface area contributed by atoms with Crippen LogP contribution in [0, 0.1) is 0 Å². The first-order chi connectivity index (χ1) is 6.96. The van der Waals surface area contributed by atoms with Gasteiger partial charge < -0.3 is 0 Å². The Morgan fingerprint density at radius 3 is 1.62 bits per heavy atom. The van der Waals surface area contributed by atoms with Gasteiger partial charge in [0.1, 0.15) is 0 Å². The molecule has 0 unspecified atom stereocenters. The van der Waals surface area contributed by atoms with Crippen LogP contribution in [0.1, 0.15) is 26.2 Å². The summed E-state index contributed by atoms with van der Waals surface area (Å²) in [6.07, 6.45) is -8.94. The van der Waals surface area contributed by atoms with Crippen LogP contribution >= 0.6 is 0 Å². The molecular formula is C8H10F8. The molecule has 0 aromatic carbocycles. The minimum Gasteiger partial charge on any atom is -0.207 e. The van der Waals surface area contributed by atoms with E-state index in [4.69, 9.17) is 0 Å². The summed E-state index contributed by atoms with van der Waals surface area (Å²) in [5.74, 6) is -14.3. The van der Waals surface area contributed by atoms with Gasteiger partial charge in [-0.1, -0.05) is 6.92 Å². The van der Waals surface area contributed by atoms with Gasteiger partial charge in [0.2, 0.25) is 5.92 Å². The van der Waals surface area contributed by atoms with Crippen molar-refractivity contribution in [2.75, 3.05) is 0 Å². The molecule has 0 radical (unpaired) electrons. The van der Waals surface area contributed by atoms with Gasteiger partial charge in [-0.05, 0) is 0 Å². The molecule has 0 rings (SSSR count). The fraction of sp³-hybridized carbons (Fsp3) is 1.00. The number of alkyl halides is 8. The van der Waals surface area contributed by atoms with Gasteiger partial charge in [0.15, 0.2) is 0 Å². The molecular weight excluding hydrogens is 248 g/mol. The van der Waals surface area contributed by atoms with Crippen LogP contribution in [0.25, 0.3) is 0 Å². The van der Waals surface area contributed by atoms with E-state index in [1.807, 2.05) is 0 Å². The third-order valence-corrected chi connectivity index (χ3v) is 2.08. The van der Waals surface area contributed by atoms with Crippen molar-refractivity contribution in [1.82, 2.24) is 0 Å². The number of hydrogen-bond acceptors (Lipinski definition) is 0. The lowest BCUT2D eigenvalue weighted by Gasteiger charge is -2.27. The van der Waals surface area contributed by atoms with Crippen molar-refractivity contribution in [3.05, 3.63) is 0 Å². The largest absolute Gasteiger partial charge is 0.369 e. The quantitative estimate of drug-likeness (QED) is 0.621. The Morgan fingerprint density at radius 2 is 1.31 bits per heavy atom. The van der Waals surface area contributed by atoms with Crippen LogP contribution < -0.4 is 0 Å². The topological polar surface area (TPSA) is 0 Å². The van der Waals surface area contributed by atoms with Crippen LogP contribution in [0.4, 0.5) is 35.1 Å². The van der Waals surface area contributed by atoms with Crippen molar-refractivity contribution in [1.29, 1.82) is 0 Å². The Kier molecular flexibility index (Phi) is 4.58. The second kappa shape index (κ2) is 4.75. The van der Waals surface area contributed by atoms with E-state index in [2.05, 4.69) is 0 Å². The minimum absolute atomic E-state index is 0.816. The van der Waals surface area contributed by atoms with Crippen LogP contribution in [0.3, 0.4) is 0 Å². The van der Waals surface area contributed by atoms with Crippen molar-refractivity contribution in [2.45, 2.75) is 50.4 Å². The molecule has 0 atom stereocenters. The molecule has 0 aliphatic rings. The summed E-state index contributed by atoms with van der Waals surface area (Å²) in [4.78, 5) is 0. The fourth-order valence-electron chi connectivity index (χ4n) is 0.843. The second-order valence-corrected chi connectivity index (χ2v) is 3.34. The predicted molar refractivity (Wildman–Crippen MR) is 40.4 cm³/mol. The van der Waals surface area contributed by atoms with E-state index in [9.17, 15) is 35.1 Å². The molecule has 16 heavy (non-hydrogen) atoms. The monoisotopic (exact) mass is 258 g/mol. The molecule has 0 aromatic heterocycles. The maximum Gasteiger partial charge on any atom is 0.369 e. The molecule has 0 saturated heterocycles. The molecule has 0 aromatic rings. The van der Waals surface area contributed by atoms with Crippen molar-refractivity contribution in [3.63, 3.8) is 0 Å². The summed E-state index contributed by atoms with van der Waals surface area (Å²) in [6.45, 7) is 0.976. The first-order valence-corrected chi connectivity index (χ1v) is 4.38. The van der Waals surface area contributed by atoms with Gasteiger partial charge in [0.25, 0.3) is 0 Å². The van der Waals surface area contributed by atoms with E-state index < -0.39 is 43.5 Å². The van der Waals surface area contributed by atoms with E-state index in [0.717, 1.165) is 6.92 Å². The summed E-state index contributed by atoms with van der Waals surface area (Å²) < 4.78 is 97.8. The predicted octanol–water partition coefficient (Wildman–Crippen LogP) is 4.35. The third kappa shape index (κ3) is 3.48. The molecule has 0 fully saturated rings. The average molecular weight is 258 g/mol. The number of hydrogen-bond donors (Lipinski definition) is 0. The Bertz CT molecular complexity index is 222. The molecule has 0 heterocycles. The zero-order valence-corrected chi connectivity index (χ0v) is 8.22. The summed E-state index contributed by atoms with van der Waals surface area (Å²) in [5.41, 5.74) is 0. The third-order valence-electron chi connectivity index (χ3n) is 2.08. The second-order valence-electron chi connectivity index (χ2n) is 3.34. The van der Waals surface area contributed by atoms with Crippen LogP contribution in [0.15, 0.2) is 0 Å². The van der Waals surface area contributed by atoms with Crippen molar-refractivity contribution >= 4 is 0 Å². The SMILES string of the molecule is CCC(F)(F)CCC(F)(F)C(F)(F)C(F)F. The standard InChI is InChI=1S/C8H10F8/c1-2-6(11,12)3-4-7(13,14)8(15,16)5(9)10/h5H,2-4H2,1H3. The van der Waals surface area contributed by atoms with Crippen LogP contribution in [-0.2, 0) is 0 Å². The average Bonchev–Trinajstić information content (AvgIpc) is 2.15. The molecule has 0 spiro atoms. The lowest BCUT2D eigenvalue weighted by atomic mass is 10.0. The molecule has 8 heteroatoms. The highest BCUT2D eigenvalue weighted by Crippen LogP contribution is 2.43. The first-order valence-electron chi connectivity index (χ1n) is 4.38. The maximum atomic E-state index is 12.6. The van der Waals surface area contributed by atoms with Crippen molar-refractivity contribution in [3.8, 4) is 0 Å². The van der Waals surface area contributed by atoms with Gasteiger partial charge in [-0.25, -0.2) is 17.6 Å². The molecule has 0 aliphatic heterocycles. The van der Waals surface area contributed by atoms with E-state index in [0.29, 0.717) is 0 Å². The van der Waals surface area contributed by atoms with E-state index in [-0.39, 0.29) is 0 Å². The van der Waals surface area contributed by atoms with Gasteiger partial charge in [-0.2, -0.15) is 17.6 Å². The molecule has 0 nitrogen and oxygen atoms in total. The van der Waals surface area contributed by atoms with Crippen LogP contribution in [0.2, 0.25) is 0 Å². The van der Waals surface area contributed by atoms with Crippen molar-refractivity contribution in [2.24, 2.45) is 0 Å². The number of halogens is 8. The zero-order chi connectivity index (χ0) is 13.2. The molecule has 0 bridgehead atoms. The Balaban J connectivity index is 4.58. The highest BCUT2D eigenvalue weighted by Gasteiger charge is 2.62. The van der Waals surface area contributed by atoms with Crippen LogP contribution in [0.5, 0.6) is 0 Å². The van der Waals surface area contributed by atoms with Gasteiger partial charge in [-0.15, -0.1) is 0 Å². The highest BCUT2D eigenvalue weighted by atomic mass is 19.3. The van der Waals surface area contributed by atoms with E-state index in [1.54, 1.807) is 0 Å². The first kappa shape index (κ1) is 15.4. The minimum atomic E-state index is -5.59. The van der Waals surface area contributed by atoms with Gasteiger partial charge in [0.05, 0.1) is 0 Å². The molecule has 0 N–H and O–H groups in total. The van der Waals surface area contributed by atoms with Crippen molar-refractivity contribution < 1.29 is 35.1 Å². The lowest BCUT2D eigenvalue weighted by molar-refractivity contribution is -0.269. The van der Waals surface area contributed by atoms with Gasteiger partial charge >= 0.3 is 18.3 Å². The summed E-state index contributed by atoms with van der Waals surface area (Å²) >= 11 is 0. The van der Waals surface area contributed by atoms with Gasteiger partial charge in [0, 0.05) is 19.3 Å². The lowest BCUT2D eigenvalue weighted by Crippen LogP contribution is -2.46. The van der Waals surface area contributed by atoms with Crippen LogP contribution in [-0.4, -0.2) is 24.2 Å². The Hall–Kier alpha value is -0.560. The Labute approximate surface area is 86.6 Å². The fourth-order valence-corrected chi connectivity index (χ4v) is 0.843. The molecule has 0 saturated carbocycles.